The minimum absolute atomic E-state index is 0.123. The SMILES string of the molecule is CNCCCCOc1ccc(Cl)c(F)c1. The van der Waals surface area contributed by atoms with Crippen molar-refractivity contribution in [2.24, 2.45) is 0 Å². The highest BCUT2D eigenvalue weighted by molar-refractivity contribution is 6.30. The minimum atomic E-state index is -0.440. The molecule has 0 radical (unpaired) electrons. The zero-order valence-electron chi connectivity index (χ0n) is 8.72. The van der Waals surface area contributed by atoms with E-state index in [1.54, 1.807) is 6.07 Å². The van der Waals surface area contributed by atoms with E-state index in [0.29, 0.717) is 12.4 Å². The number of ether oxygens (including phenoxy) is 1. The summed E-state index contributed by atoms with van der Waals surface area (Å²) in [5.41, 5.74) is 0. The molecule has 1 N–H and O–H groups in total. The van der Waals surface area contributed by atoms with Crippen LogP contribution in [0.25, 0.3) is 0 Å². The Bertz CT molecular complexity index is 307. The van der Waals surface area contributed by atoms with E-state index in [1.807, 2.05) is 7.05 Å². The first-order chi connectivity index (χ1) is 7.24. The first kappa shape index (κ1) is 12.3. The lowest BCUT2D eigenvalue weighted by atomic mass is 10.3. The van der Waals surface area contributed by atoms with Gasteiger partial charge in [0.25, 0.3) is 0 Å². The molecule has 0 atom stereocenters. The summed E-state index contributed by atoms with van der Waals surface area (Å²) in [5, 5.41) is 3.17. The van der Waals surface area contributed by atoms with E-state index in [1.165, 1.54) is 12.1 Å². The molecule has 1 rings (SSSR count). The summed E-state index contributed by atoms with van der Waals surface area (Å²) in [6, 6.07) is 4.48. The quantitative estimate of drug-likeness (QED) is 0.761. The lowest BCUT2D eigenvalue weighted by Crippen LogP contribution is -2.09. The summed E-state index contributed by atoms with van der Waals surface area (Å²) in [7, 11) is 1.91. The molecule has 0 bridgehead atoms. The molecule has 0 saturated heterocycles. The molecule has 0 spiro atoms. The molecule has 84 valence electrons. The van der Waals surface area contributed by atoms with Crippen LogP contribution in [0.3, 0.4) is 0 Å². The summed E-state index contributed by atoms with van der Waals surface area (Å²) < 4.78 is 18.3. The van der Waals surface area contributed by atoms with Gasteiger partial charge in [-0.2, -0.15) is 0 Å². The Balaban J connectivity index is 2.28. The monoisotopic (exact) mass is 231 g/mol. The largest absolute Gasteiger partial charge is 0.493 e. The molecule has 0 amide bonds. The van der Waals surface area contributed by atoms with Crippen molar-refractivity contribution in [3.05, 3.63) is 29.0 Å². The zero-order chi connectivity index (χ0) is 11.1. The Hall–Kier alpha value is -0.800. The van der Waals surface area contributed by atoms with Crippen molar-refractivity contribution >= 4 is 11.6 Å². The van der Waals surface area contributed by atoms with Crippen LogP contribution in [0.15, 0.2) is 18.2 Å². The van der Waals surface area contributed by atoms with Crippen LogP contribution in [-0.2, 0) is 0 Å². The van der Waals surface area contributed by atoms with Gasteiger partial charge in [-0.25, -0.2) is 4.39 Å². The number of nitrogens with one attached hydrogen (secondary N) is 1. The van der Waals surface area contributed by atoms with Crippen LogP contribution >= 0.6 is 11.6 Å². The molecule has 0 unspecified atom stereocenters. The first-order valence-corrected chi connectivity index (χ1v) is 5.34. The fourth-order valence-electron chi connectivity index (χ4n) is 1.16. The van der Waals surface area contributed by atoms with Crippen molar-refractivity contribution in [1.82, 2.24) is 5.32 Å². The van der Waals surface area contributed by atoms with Gasteiger partial charge in [0.2, 0.25) is 0 Å². The van der Waals surface area contributed by atoms with Gasteiger partial charge in [0.05, 0.1) is 11.6 Å². The molecule has 0 aliphatic rings. The van der Waals surface area contributed by atoms with E-state index in [4.69, 9.17) is 16.3 Å². The van der Waals surface area contributed by atoms with E-state index < -0.39 is 5.82 Å². The van der Waals surface area contributed by atoms with Crippen LogP contribution in [0.1, 0.15) is 12.8 Å². The number of rotatable bonds is 6. The summed E-state index contributed by atoms with van der Waals surface area (Å²) in [6.45, 7) is 1.57. The second-order valence-electron chi connectivity index (χ2n) is 3.24. The van der Waals surface area contributed by atoms with Crippen LogP contribution in [0.5, 0.6) is 5.75 Å². The van der Waals surface area contributed by atoms with Crippen LogP contribution in [0.4, 0.5) is 4.39 Å². The number of benzene rings is 1. The fourth-order valence-corrected chi connectivity index (χ4v) is 1.28. The molecule has 1 aromatic carbocycles. The van der Waals surface area contributed by atoms with Gasteiger partial charge in [-0.15, -0.1) is 0 Å². The number of unbranched alkanes of at least 4 members (excludes halogenated alkanes) is 1. The van der Waals surface area contributed by atoms with Crippen molar-refractivity contribution in [2.75, 3.05) is 20.2 Å². The van der Waals surface area contributed by atoms with Crippen molar-refractivity contribution in [2.45, 2.75) is 12.8 Å². The molecule has 0 heterocycles. The minimum Gasteiger partial charge on any atom is -0.493 e. The Morgan fingerprint density at radius 2 is 2.20 bits per heavy atom. The van der Waals surface area contributed by atoms with Gasteiger partial charge in [-0.1, -0.05) is 11.6 Å². The maximum Gasteiger partial charge on any atom is 0.145 e. The third kappa shape index (κ3) is 4.49. The van der Waals surface area contributed by atoms with E-state index in [9.17, 15) is 4.39 Å². The summed E-state index contributed by atoms with van der Waals surface area (Å²) in [4.78, 5) is 0. The average Bonchev–Trinajstić information content (AvgIpc) is 2.23. The Morgan fingerprint density at radius 1 is 1.40 bits per heavy atom. The second kappa shape index (κ2) is 6.64. The van der Waals surface area contributed by atoms with E-state index >= 15 is 0 Å². The molecular weight excluding hydrogens is 217 g/mol. The van der Waals surface area contributed by atoms with E-state index in [-0.39, 0.29) is 5.02 Å². The Labute approximate surface area is 94.4 Å². The van der Waals surface area contributed by atoms with Gasteiger partial charge in [0, 0.05) is 6.07 Å². The van der Waals surface area contributed by atoms with Crippen molar-refractivity contribution in [1.29, 1.82) is 0 Å². The highest BCUT2D eigenvalue weighted by Gasteiger charge is 2.01. The van der Waals surface area contributed by atoms with Gasteiger partial charge < -0.3 is 10.1 Å². The van der Waals surface area contributed by atoms with Gasteiger partial charge in [0.15, 0.2) is 0 Å². The van der Waals surface area contributed by atoms with Crippen LogP contribution in [0, 0.1) is 5.82 Å². The molecule has 15 heavy (non-hydrogen) atoms. The average molecular weight is 232 g/mol. The standard InChI is InChI=1S/C11H15ClFNO/c1-14-6-2-3-7-15-9-4-5-10(12)11(13)8-9/h4-5,8,14H,2-3,6-7H2,1H3. The van der Waals surface area contributed by atoms with Crippen molar-refractivity contribution in [3.8, 4) is 5.75 Å². The molecular formula is C11H15ClFNO. The maximum atomic E-state index is 13.0. The molecule has 0 saturated carbocycles. The van der Waals surface area contributed by atoms with Crippen LogP contribution < -0.4 is 10.1 Å². The molecule has 4 heteroatoms. The lowest BCUT2D eigenvalue weighted by Gasteiger charge is -2.06. The van der Waals surface area contributed by atoms with Crippen LogP contribution in [0.2, 0.25) is 5.02 Å². The van der Waals surface area contributed by atoms with Crippen molar-refractivity contribution < 1.29 is 9.13 Å². The highest BCUT2D eigenvalue weighted by atomic mass is 35.5. The number of halogens is 2. The topological polar surface area (TPSA) is 21.3 Å². The third-order valence-corrected chi connectivity index (χ3v) is 2.29. The first-order valence-electron chi connectivity index (χ1n) is 4.96. The summed E-state index contributed by atoms with van der Waals surface area (Å²) in [5.74, 6) is 0.0887. The smallest absolute Gasteiger partial charge is 0.145 e. The van der Waals surface area contributed by atoms with Gasteiger partial charge in [-0.05, 0) is 38.6 Å². The van der Waals surface area contributed by atoms with Gasteiger partial charge in [-0.3, -0.25) is 0 Å². The molecule has 0 aliphatic carbocycles. The van der Waals surface area contributed by atoms with E-state index in [0.717, 1.165) is 19.4 Å². The molecule has 1 aromatic rings. The van der Waals surface area contributed by atoms with Crippen LogP contribution in [-0.4, -0.2) is 20.2 Å². The predicted octanol–water partition coefficient (Wildman–Crippen LogP) is 2.86. The molecule has 2 nitrogen and oxygen atoms in total. The molecule has 0 aliphatic heterocycles. The second-order valence-corrected chi connectivity index (χ2v) is 3.64. The zero-order valence-corrected chi connectivity index (χ0v) is 9.48. The maximum absolute atomic E-state index is 13.0. The lowest BCUT2D eigenvalue weighted by molar-refractivity contribution is 0.305. The van der Waals surface area contributed by atoms with Gasteiger partial charge >= 0.3 is 0 Å². The summed E-state index contributed by atoms with van der Waals surface area (Å²) >= 11 is 5.54. The van der Waals surface area contributed by atoms with Crippen molar-refractivity contribution in [3.63, 3.8) is 0 Å². The normalized spacial score (nSPS) is 10.3. The third-order valence-electron chi connectivity index (χ3n) is 1.98. The van der Waals surface area contributed by atoms with E-state index in [2.05, 4.69) is 5.32 Å². The Morgan fingerprint density at radius 3 is 2.87 bits per heavy atom. The molecule has 0 fully saturated rings. The highest BCUT2D eigenvalue weighted by Crippen LogP contribution is 2.20. The summed E-state index contributed by atoms with van der Waals surface area (Å²) in [6.07, 6.45) is 2.00. The Kier molecular flexibility index (Phi) is 5.43. The molecule has 0 aromatic heterocycles. The predicted molar refractivity (Wildman–Crippen MR) is 60.1 cm³/mol. The number of hydrogen-bond donors (Lipinski definition) is 1. The fraction of sp³-hybridized carbons (Fsp3) is 0.455. The number of hydrogen-bond acceptors (Lipinski definition) is 2. The van der Waals surface area contributed by atoms with Gasteiger partial charge in [0.1, 0.15) is 11.6 Å².